The van der Waals surface area contributed by atoms with Gasteiger partial charge in [0.25, 0.3) is 5.91 Å². The molecule has 0 aliphatic carbocycles. The first kappa shape index (κ1) is 19.6. The molecule has 3 aromatic rings. The highest BCUT2D eigenvalue weighted by Crippen LogP contribution is 2.44. The molecule has 30 heavy (non-hydrogen) atoms. The van der Waals surface area contributed by atoms with Gasteiger partial charge in [-0.15, -0.1) is 0 Å². The quantitative estimate of drug-likeness (QED) is 0.584. The molecule has 0 aromatic heterocycles. The van der Waals surface area contributed by atoms with Crippen molar-refractivity contribution in [2.24, 2.45) is 0 Å². The summed E-state index contributed by atoms with van der Waals surface area (Å²) in [6.45, 7) is 0. The number of rotatable bonds is 5. The lowest BCUT2D eigenvalue weighted by atomic mass is 9.90. The number of amides is 1. The van der Waals surface area contributed by atoms with Crippen LogP contribution in [0.1, 0.15) is 16.7 Å². The molecule has 5 heteroatoms. The summed E-state index contributed by atoms with van der Waals surface area (Å²) in [5.41, 5.74) is 5.09. The molecule has 3 aromatic carbocycles. The van der Waals surface area contributed by atoms with E-state index in [-0.39, 0.29) is 5.91 Å². The highest BCUT2D eigenvalue weighted by molar-refractivity contribution is 6.38. The second-order valence-corrected chi connectivity index (χ2v) is 6.95. The molecule has 0 unspecified atom stereocenters. The summed E-state index contributed by atoms with van der Waals surface area (Å²) in [7, 11) is 6.68. The fraction of sp³-hybridized carbons (Fsp3) is 0.160. The number of fused-ring (bicyclic) bond motifs is 1. The average Bonchev–Trinajstić information content (AvgIpc) is 3.05. The summed E-state index contributed by atoms with van der Waals surface area (Å²) in [6, 6.07) is 21.2. The van der Waals surface area contributed by atoms with E-state index in [1.807, 2.05) is 66.7 Å². The normalized spacial score (nSPS) is 12.6. The second kappa shape index (κ2) is 7.95. The van der Waals surface area contributed by atoms with E-state index in [0.29, 0.717) is 11.3 Å². The van der Waals surface area contributed by atoms with Gasteiger partial charge in [-0.2, -0.15) is 0 Å². The number of carbonyl (C=O) groups excluding carboxylic acids is 1. The van der Waals surface area contributed by atoms with Gasteiger partial charge in [0, 0.05) is 24.3 Å². The van der Waals surface area contributed by atoms with Gasteiger partial charge in [-0.05, 0) is 47.5 Å². The number of hydrogen-bond acceptors (Lipinski definition) is 4. The number of likely N-dealkylation sites (N-methyl/N-ethyl adjacent to an activating group) is 1. The van der Waals surface area contributed by atoms with E-state index in [9.17, 15) is 4.79 Å². The highest BCUT2D eigenvalue weighted by atomic mass is 16.5. The molecule has 1 aliphatic heterocycles. The predicted molar refractivity (Wildman–Crippen MR) is 118 cm³/mol. The number of methoxy groups -OCH3 is 3. The van der Waals surface area contributed by atoms with Crippen LogP contribution in [0.4, 0.5) is 5.69 Å². The van der Waals surface area contributed by atoms with Crippen molar-refractivity contribution in [3.05, 3.63) is 83.4 Å². The summed E-state index contributed by atoms with van der Waals surface area (Å²) >= 11 is 0. The molecule has 152 valence electrons. The third-order valence-electron chi connectivity index (χ3n) is 5.36. The molecule has 0 atom stereocenters. The first-order valence-electron chi connectivity index (χ1n) is 9.57. The highest BCUT2D eigenvalue weighted by Gasteiger charge is 2.33. The Bertz CT molecular complexity index is 1070. The van der Waals surface area contributed by atoms with Crippen LogP contribution in [0.5, 0.6) is 17.2 Å². The van der Waals surface area contributed by atoms with E-state index < -0.39 is 0 Å². The molecular formula is C25H23NO4. The molecule has 0 fully saturated rings. The Balaban J connectivity index is 1.99. The number of nitrogens with zero attached hydrogens (tertiary/aromatic N) is 1. The third-order valence-corrected chi connectivity index (χ3v) is 5.36. The topological polar surface area (TPSA) is 48.0 Å². The van der Waals surface area contributed by atoms with Gasteiger partial charge in [0.1, 0.15) is 17.2 Å². The minimum absolute atomic E-state index is 0.0557. The Kier molecular flexibility index (Phi) is 5.19. The fourth-order valence-corrected chi connectivity index (χ4v) is 3.73. The third kappa shape index (κ3) is 3.28. The van der Waals surface area contributed by atoms with Crippen molar-refractivity contribution in [2.45, 2.75) is 0 Å². The zero-order chi connectivity index (χ0) is 21.3. The molecule has 4 rings (SSSR count). The SMILES string of the molecule is COc1ccc(C(=C2C(=O)N(C)c3cc(OC)ccc32)c2ccc(OC)cc2)cc1. The number of benzene rings is 3. The van der Waals surface area contributed by atoms with Gasteiger partial charge in [-0.1, -0.05) is 24.3 Å². The number of carbonyl (C=O) groups is 1. The summed E-state index contributed by atoms with van der Waals surface area (Å²) in [6.07, 6.45) is 0. The Morgan fingerprint density at radius 2 is 1.17 bits per heavy atom. The minimum atomic E-state index is -0.0557. The van der Waals surface area contributed by atoms with Gasteiger partial charge >= 0.3 is 0 Å². The maximum Gasteiger partial charge on any atom is 0.259 e. The van der Waals surface area contributed by atoms with Crippen molar-refractivity contribution in [1.82, 2.24) is 0 Å². The van der Waals surface area contributed by atoms with E-state index in [1.54, 1.807) is 33.3 Å². The smallest absolute Gasteiger partial charge is 0.259 e. The molecule has 0 saturated carbocycles. The lowest BCUT2D eigenvalue weighted by Gasteiger charge is -2.14. The molecule has 0 saturated heterocycles. The number of hydrogen-bond donors (Lipinski definition) is 0. The summed E-state index contributed by atoms with van der Waals surface area (Å²) < 4.78 is 16.0. The molecule has 0 radical (unpaired) electrons. The van der Waals surface area contributed by atoms with Crippen LogP contribution in [0, 0.1) is 0 Å². The lowest BCUT2D eigenvalue weighted by molar-refractivity contribution is -0.112. The molecule has 5 nitrogen and oxygen atoms in total. The van der Waals surface area contributed by atoms with Crippen LogP contribution >= 0.6 is 0 Å². The van der Waals surface area contributed by atoms with Crippen molar-refractivity contribution in [1.29, 1.82) is 0 Å². The number of anilines is 1. The van der Waals surface area contributed by atoms with Crippen molar-refractivity contribution >= 4 is 22.7 Å². The van der Waals surface area contributed by atoms with Crippen LogP contribution in [0.2, 0.25) is 0 Å². The summed E-state index contributed by atoms with van der Waals surface area (Å²) in [5, 5.41) is 0. The monoisotopic (exact) mass is 401 g/mol. The largest absolute Gasteiger partial charge is 0.497 e. The molecule has 0 N–H and O–H groups in total. The molecule has 1 amide bonds. The van der Waals surface area contributed by atoms with Crippen LogP contribution in [-0.4, -0.2) is 34.3 Å². The molecule has 1 heterocycles. The van der Waals surface area contributed by atoms with Crippen LogP contribution in [-0.2, 0) is 4.79 Å². The zero-order valence-electron chi connectivity index (χ0n) is 17.4. The molecule has 1 aliphatic rings. The standard InChI is InChI=1S/C25H23NO4/c1-26-22-15-20(30-4)13-14-21(22)24(25(26)27)23(16-5-9-18(28-2)10-6-16)17-7-11-19(29-3)12-8-17/h5-15H,1-4H3. The van der Waals surface area contributed by atoms with Gasteiger partial charge in [0.2, 0.25) is 0 Å². The fourth-order valence-electron chi connectivity index (χ4n) is 3.73. The van der Waals surface area contributed by atoms with Crippen LogP contribution in [0.25, 0.3) is 11.1 Å². The Morgan fingerprint density at radius 1 is 0.700 bits per heavy atom. The maximum atomic E-state index is 13.4. The number of ether oxygens (including phenoxy) is 3. The molecular weight excluding hydrogens is 378 g/mol. The predicted octanol–water partition coefficient (Wildman–Crippen LogP) is 4.65. The van der Waals surface area contributed by atoms with Gasteiger partial charge in [-0.25, -0.2) is 0 Å². The van der Waals surface area contributed by atoms with Crippen LogP contribution < -0.4 is 19.1 Å². The Morgan fingerprint density at radius 3 is 1.63 bits per heavy atom. The van der Waals surface area contributed by atoms with Crippen LogP contribution in [0.15, 0.2) is 66.7 Å². The van der Waals surface area contributed by atoms with Gasteiger partial charge in [-0.3, -0.25) is 4.79 Å². The van der Waals surface area contributed by atoms with Gasteiger partial charge in [0.15, 0.2) is 0 Å². The van der Waals surface area contributed by atoms with E-state index in [1.165, 1.54) is 0 Å². The lowest BCUT2D eigenvalue weighted by Crippen LogP contribution is -2.21. The van der Waals surface area contributed by atoms with E-state index in [4.69, 9.17) is 14.2 Å². The van der Waals surface area contributed by atoms with Crippen molar-refractivity contribution in [3.63, 3.8) is 0 Å². The van der Waals surface area contributed by atoms with E-state index in [2.05, 4.69) is 0 Å². The Hall–Kier alpha value is -3.73. The Labute approximate surface area is 176 Å². The first-order valence-corrected chi connectivity index (χ1v) is 9.57. The maximum absolute atomic E-state index is 13.4. The minimum Gasteiger partial charge on any atom is -0.497 e. The van der Waals surface area contributed by atoms with Crippen molar-refractivity contribution in [3.8, 4) is 17.2 Å². The van der Waals surface area contributed by atoms with E-state index in [0.717, 1.165) is 39.4 Å². The van der Waals surface area contributed by atoms with Gasteiger partial charge < -0.3 is 19.1 Å². The summed E-state index contributed by atoms with van der Waals surface area (Å²) in [4.78, 5) is 15.0. The van der Waals surface area contributed by atoms with Crippen molar-refractivity contribution in [2.75, 3.05) is 33.3 Å². The van der Waals surface area contributed by atoms with Gasteiger partial charge in [0.05, 0.1) is 32.6 Å². The van der Waals surface area contributed by atoms with Crippen LogP contribution in [0.3, 0.4) is 0 Å². The van der Waals surface area contributed by atoms with E-state index >= 15 is 0 Å². The summed E-state index contributed by atoms with van der Waals surface area (Å²) in [5.74, 6) is 2.18. The molecule has 0 bridgehead atoms. The average molecular weight is 401 g/mol. The van der Waals surface area contributed by atoms with Crippen molar-refractivity contribution < 1.29 is 19.0 Å². The molecule has 0 spiro atoms. The first-order chi connectivity index (χ1) is 14.6. The second-order valence-electron chi connectivity index (χ2n) is 6.95. The zero-order valence-corrected chi connectivity index (χ0v) is 17.4.